The van der Waals surface area contributed by atoms with Crippen LogP contribution in [0.1, 0.15) is 139 Å². The Hall–Kier alpha value is -6.56. The Balaban J connectivity index is 1.17. The number of thiophene rings is 1. The van der Waals surface area contributed by atoms with Gasteiger partial charge in [-0.25, -0.2) is 0 Å². The van der Waals surface area contributed by atoms with Gasteiger partial charge in [0.1, 0.15) is 0 Å². The van der Waals surface area contributed by atoms with Gasteiger partial charge in [-0.2, -0.15) is 0 Å². The number of benzene rings is 8. The lowest BCUT2D eigenvalue weighted by atomic mass is 9.33. The van der Waals surface area contributed by atoms with E-state index in [1.165, 1.54) is 58.9 Å². The van der Waals surface area contributed by atoms with E-state index in [0.29, 0.717) is 5.56 Å². The highest BCUT2D eigenvalue weighted by atomic mass is 32.1. The minimum absolute atomic E-state index is 0.0149. The third-order valence-electron chi connectivity index (χ3n) is 18.0. The molecule has 9 aromatic rings. The summed E-state index contributed by atoms with van der Waals surface area (Å²) in [4.78, 5) is 7.28. The van der Waals surface area contributed by atoms with E-state index in [-0.39, 0.29) is 33.8 Å². The first kappa shape index (κ1) is 43.8. The van der Waals surface area contributed by atoms with Crippen LogP contribution < -0.4 is 31.1 Å². The molecule has 0 N–H and O–H groups in total. The average Bonchev–Trinajstić information content (AvgIpc) is 3.91. The second-order valence-electron chi connectivity index (χ2n) is 25.7. The number of nitrogens with zero attached hydrogens (tertiary/aromatic N) is 3. The molecular formula is C69H70BN3S. The Kier molecular flexibility index (Phi) is 9.60. The molecule has 0 spiro atoms. The van der Waals surface area contributed by atoms with Crippen molar-refractivity contribution in [2.75, 3.05) is 14.7 Å². The van der Waals surface area contributed by atoms with Crippen molar-refractivity contribution in [1.82, 2.24) is 0 Å². The minimum atomic E-state index is -2.41. The van der Waals surface area contributed by atoms with Crippen LogP contribution in [0.4, 0.5) is 51.2 Å². The predicted molar refractivity (Wildman–Crippen MR) is 322 cm³/mol. The second-order valence-corrected chi connectivity index (χ2v) is 26.8. The zero-order chi connectivity index (χ0) is 53.9. The van der Waals surface area contributed by atoms with Crippen LogP contribution in [0.5, 0.6) is 0 Å². The van der Waals surface area contributed by atoms with E-state index in [0.717, 1.165) is 82.3 Å². The third kappa shape index (κ3) is 7.19. The molecule has 0 saturated carbocycles. The maximum atomic E-state index is 9.35. The topological polar surface area (TPSA) is 9.72 Å². The molecule has 0 atom stereocenters. The molecule has 1 aromatic heterocycles. The van der Waals surface area contributed by atoms with Gasteiger partial charge in [-0.05, 0) is 188 Å². The summed E-state index contributed by atoms with van der Waals surface area (Å²) in [7, 11) is 0. The van der Waals surface area contributed by atoms with Crippen LogP contribution in [0.3, 0.4) is 0 Å². The van der Waals surface area contributed by atoms with E-state index in [1.807, 2.05) is 23.5 Å². The van der Waals surface area contributed by atoms with Gasteiger partial charge in [0.15, 0.2) is 0 Å². The Morgan fingerprint density at radius 1 is 0.486 bits per heavy atom. The summed E-state index contributed by atoms with van der Waals surface area (Å²) in [6.07, 6.45) is 4.40. The van der Waals surface area contributed by atoms with Gasteiger partial charge in [0.2, 0.25) is 0 Å². The zero-order valence-electron chi connectivity index (χ0n) is 48.2. The summed E-state index contributed by atoms with van der Waals surface area (Å²) in [6, 6.07) is 58.5. The Bertz CT molecular complexity index is 3840. The molecule has 0 fully saturated rings. The smallest absolute Gasteiger partial charge is 0.252 e. The molecule has 3 nitrogen and oxygen atoms in total. The van der Waals surface area contributed by atoms with Gasteiger partial charge in [-0.1, -0.05) is 155 Å². The molecule has 370 valence electrons. The fraction of sp³-hybridized carbons (Fsp3) is 0.304. The highest BCUT2D eigenvalue weighted by Gasteiger charge is 2.47. The van der Waals surface area contributed by atoms with Crippen LogP contribution in [0.15, 0.2) is 158 Å². The number of anilines is 9. The van der Waals surface area contributed by atoms with Crippen LogP contribution >= 0.6 is 11.3 Å². The largest absolute Gasteiger partial charge is 0.311 e. The van der Waals surface area contributed by atoms with Gasteiger partial charge in [0.05, 0.1) is 10.4 Å². The first-order valence-corrected chi connectivity index (χ1v) is 27.9. The third-order valence-corrected chi connectivity index (χ3v) is 19.2. The molecule has 0 bridgehead atoms. The van der Waals surface area contributed by atoms with Crippen molar-refractivity contribution in [1.29, 1.82) is 0 Å². The number of fused-ring (bicyclic) bond motifs is 9. The number of rotatable bonds is 5. The first-order chi connectivity index (χ1) is 36.4. The lowest BCUT2D eigenvalue weighted by Gasteiger charge is -2.48. The van der Waals surface area contributed by atoms with E-state index >= 15 is 0 Å². The molecule has 5 heteroatoms. The molecule has 74 heavy (non-hydrogen) atoms. The number of aryl methyl sites for hydroxylation is 1. The van der Waals surface area contributed by atoms with Crippen LogP contribution in [0.2, 0.25) is 0 Å². The molecular weight excluding hydrogens is 914 g/mol. The summed E-state index contributed by atoms with van der Waals surface area (Å²) in [6.45, 7) is 23.5. The van der Waals surface area contributed by atoms with Gasteiger partial charge in [0.25, 0.3) is 6.71 Å². The van der Waals surface area contributed by atoms with Crippen LogP contribution in [0.25, 0.3) is 20.2 Å². The van der Waals surface area contributed by atoms with Crippen molar-refractivity contribution in [2.45, 2.75) is 136 Å². The summed E-state index contributed by atoms with van der Waals surface area (Å²) in [5.41, 5.74) is 19.9. The van der Waals surface area contributed by atoms with Gasteiger partial charge < -0.3 is 14.7 Å². The lowest BCUT2D eigenvalue weighted by molar-refractivity contribution is 0.332. The van der Waals surface area contributed by atoms with Gasteiger partial charge in [-0.15, -0.1) is 11.3 Å². The van der Waals surface area contributed by atoms with E-state index < -0.39 is 6.85 Å². The molecule has 4 aliphatic rings. The SMILES string of the molecule is [2H]C([2H])([2H])c1cc2c3c(c1)N(c1cccc4c1sc1cc(C(C)(C)C)ccc14)c1cc(N(c4ccccc4)c4ccccc4)ccc1B3c1cc3c(cc1N2c1ccc2c(c1)C(C)(C)CCC2(C)C)C(C)(C)CCC3(C)C. The van der Waals surface area contributed by atoms with Crippen molar-refractivity contribution in [2.24, 2.45) is 0 Å². The van der Waals surface area contributed by atoms with Crippen molar-refractivity contribution >= 4 is 106 Å². The van der Waals surface area contributed by atoms with E-state index in [2.05, 4.69) is 236 Å². The molecule has 0 saturated heterocycles. The predicted octanol–water partition coefficient (Wildman–Crippen LogP) is 17.9. The zero-order valence-corrected chi connectivity index (χ0v) is 46.0. The molecule has 2 aliphatic carbocycles. The van der Waals surface area contributed by atoms with Crippen molar-refractivity contribution in [3.05, 3.63) is 191 Å². The number of hydrogen-bond acceptors (Lipinski definition) is 4. The monoisotopic (exact) mass is 987 g/mol. The Labute approximate surface area is 449 Å². The molecule has 13 rings (SSSR count). The fourth-order valence-corrected chi connectivity index (χ4v) is 14.7. The molecule has 2 aliphatic heterocycles. The minimum Gasteiger partial charge on any atom is -0.311 e. The first-order valence-electron chi connectivity index (χ1n) is 28.5. The molecule has 0 unspecified atom stereocenters. The molecule has 8 aromatic carbocycles. The summed E-state index contributed by atoms with van der Waals surface area (Å²) < 4.78 is 30.5. The van der Waals surface area contributed by atoms with Crippen molar-refractivity contribution in [3.8, 4) is 0 Å². The Morgan fingerprint density at radius 2 is 1.08 bits per heavy atom. The normalized spacial score (nSPS) is 18.4. The molecule has 0 amide bonds. The second kappa shape index (κ2) is 16.2. The highest BCUT2D eigenvalue weighted by molar-refractivity contribution is 7.26. The van der Waals surface area contributed by atoms with Crippen LogP contribution in [0, 0.1) is 6.85 Å². The maximum absolute atomic E-state index is 9.35. The lowest BCUT2D eigenvalue weighted by Crippen LogP contribution is -2.62. The van der Waals surface area contributed by atoms with Crippen molar-refractivity contribution < 1.29 is 4.11 Å². The van der Waals surface area contributed by atoms with Gasteiger partial charge in [0, 0.05) is 65.1 Å². The van der Waals surface area contributed by atoms with E-state index in [9.17, 15) is 4.11 Å². The van der Waals surface area contributed by atoms with Crippen LogP contribution in [-0.4, -0.2) is 6.71 Å². The van der Waals surface area contributed by atoms with Gasteiger partial charge >= 0.3 is 0 Å². The van der Waals surface area contributed by atoms with E-state index in [1.54, 1.807) is 0 Å². The number of hydrogen-bond donors (Lipinski definition) is 0. The Morgan fingerprint density at radius 3 is 1.72 bits per heavy atom. The quantitative estimate of drug-likeness (QED) is 0.159. The van der Waals surface area contributed by atoms with E-state index in [4.69, 9.17) is 0 Å². The molecule has 3 heterocycles. The summed E-state index contributed by atoms with van der Waals surface area (Å²) in [5, 5.41) is 2.43. The molecule has 0 radical (unpaired) electrons. The van der Waals surface area contributed by atoms with Crippen molar-refractivity contribution in [3.63, 3.8) is 0 Å². The number of para-hydroxylation sites is 2. The fourth-order valence-electron chi connectivity index (χ4n) is 13.5. The highest BCUT2D eigenvalue weighted by Crippen LogP contribution is 2.54. The summed E-state index contributed by atoms with van der Waals surface area (Å²) >= 11 is 1.84. The van der Waals surface area contributed by atoms with Crippen LogP contribution in [-0.2, 0) is 27.1 Å². The van der Waals surface area contributed by atoms with Gasteiger partial charge in [-0.3, -0.25) is 0 Å². The standard InChI is InChI=1S/C69H70BN3S/c1-43-36-60-63-61(37-43)73(57-25-19-24-50-49-29-26-44(65(2,3)4)38-62(49)74-64(50)57)58-40-48(71(45-20-15-13-16-21-45)46-22-17-14-18-23-46)28-31-55(58)70(63)56-41-53-54(69(11,12)35-34-68(53,9)10)42-59(56)72(60)47-27-30-51-52(39-47)67(7,8)33-32-66(51,5)6/h13-31,36-42H,32-35H2,1-12H3/i1D3. The average molecular weight is 987 g/mol. The maximum Gasteiger partial charge on any atom is 0.252 e. The summed E-state index contributed by atoms with van der Waals surface area (Å²) in [5.74, 6) is 0.